The number of pyridine rings is 1. The molecule has 164 valence electrons. The average molecular weight is 458 g/mol. The Bertz CT molecular complexity index is 1320. The summed E-state index contributed by atoms with van der Waals surface area (Å²) >= 11 is 1.37. The van der Waals surface area contributed by atoms with E-state index in [0.29, 0.717) is 22.1 Å². The summed E-state index contributed by atoms with van der Waals surface area (Å²) in [5.74, 6) is -1.38. The van der Waals surface area contributed by atoms with Crippen LogP contribution in [-0.4, -0.2) is 33.6 Å². The SMILES string of the molecule is O=C(CSc1ccc(NC(=O)c2cccc3cccc(C(=O)O)c23)cc1)Nc1ccncc1. The van der Waals surface area contributed by atoms with Gasteiger partial charge in [-0.25, -0.2) is 4.79 Å². The Labute approximate surface area is 193 Å². The zero-order valence-corrected chi connectivity index (χ0v) is 18.1. The first-order chi connectivity index (χ1) is 16.0. The van der Waals surface area contributed by atoms with Crippen LogP contribution in [0.5, 0.6) is 0 Å². The summed E-state index contributed by atoms with van der Waals surface area (Å²) in [6.45, 7) is 0. The van der Waals surface area contributed by atoms with Gasteiger partial charge in [0.05, 0.1) is 11.3 Å². The normalized spacial score (nSPS) is 10.5. The van der Waals surface area contributed by atoms with E-state index in [1.54, 1.807) is 67.0 Å². The number of anilines is 2. The predicted molar refractivity (Wildman–Crippen MR) is 129 cm³/mol. The highest BCUT2D eigenvalue weighted by Crippen LogP contribution is 2.25. The molecular formula is C25H19N3O4S. The molecule has 7 nitrogen and oxygen atoms in total. The number of hydrogen-bond acceptors (Lipinski definition) is 5. The molecule has 3 aromatic carbocycles. The van der Waals surface area contributed by atoms with Gasteiger partial charge in [0.25, 0.3) is 5.91 Å². The van der Waals surface area contributed by atoms with E-state index in [1.807, 2.05) is 12.1 Å². The molecular weight excluding hydrogens is 438 g/mol. The molecule has 4 rings (SSSR count). The van der Waals surface area contributed by atoms with Gasteiger partial charge in [0.1, 0.15) is 0 Å². The second-order valence-electron chi connectivity index (χ2n) is 7.07. The standard InChI is InChI=1S/C25H19N3O4S/c29-22(27-18-11-13-26-14-12-18)15-33-19-9-7-17(8-10-19)28-24(30)20-5-1-3-16-4-2-6-21(23(16)20)25(31)32/h1-14H,15H2,(H,28,30)(H,31,32)(H,26,27,29). The minimum absolute atomic E-state index is 0.0787. The first kappa shape index (κ1) is 22.0. The maximum atomic E-state index is 12.9. The van der Waals surface area contributed by atoms with E-state index in [1.165, 1.54) is 17.8 Å². The number of hydrogen-bond donors (Lipinski definition) is 3. The topological polar surface area (TPSA) is 108 Å². The fourth-order valence-corrected chi connectivity index (χ4v) is 4.02. The molecule has 1 heterocycles. The Kier molecular flexibility index (Phi) is 6.66. The number of rotatable bonds is 7. The number of aromatic carboxylic acids is 1. The fraction of sp³-hybridized carbons (Fsp3) is 0.0400. The summed E-state index contributed by atoms with van der Waals surface area (Å²) in [5.41, 5.74) is 1.62. The van der Waals surface area contributed by atoms with Crippen molar-refractivity contribution in [3.05, 3.63) is 96.3 Å². The Morgan fingerprint density at radius 2 is 1.42 bits per heavy atom. The molecule has 0 saturated heterocycles. The Hall–Kier alpha value is -4.17. The van der Waals surface area contributed by atoms with Gasteiger partial charge >= 0.3 is 5.97 Å². The smallest absolute Gasteiger partial charge is 0.336 e. The number of carboxylic acids is 1. The van der Waals surface area contributed by atoms with Crippen molar-refractivity contribution in [3.63, 3.8) is 0 Å². The lowest BCUT2D eigenvalue weighted by molar-refractivity contribution is -0.113. The number of nitrogens with one attached hydrogen (secondary N) is 2. The number of nitrogens with zero attached hydrogens (tertiary/aromatic N) is 1. The first-order valence-corrected chi connectivity index (χ1v) is 11.0. The van der Waals surface area contributed by atoms with Crippen molar-refractivity contribution in [2.45, 2.75) is 4.90 Å². The van der Waals surface area contributed by atoms with Gasteiger partial charge in [0, 0.05) is 39.6 Å². The van der Waals surface area contributed by atoms with Gasteiger partial charge in [0.15, 0.2) is 0 Å². The highest BCUT2D eigenvalue weighted by atomic mass is 32.2. The van der Waals surface area contributed by atoms with E-state index >= 15 is 0 Å². The highest BCUT2D eigenvalue weighted by molar-refractivity contribution is 8.00. The van der Waals surface area contributed by atoms with Crippen LogP contribution in [0, 0.1) is 0 Å². The molecule has 0 aliphatic carbocycles. The number of aromatic nitrogens is 1. The van der Waals surface area contributed by atoms with Crippen LogP contribution in [0.1, 0.15) is 20.7 Å². The zero-order valence-electron chi connectivity index (χ0n) is 17.3. The Morgan fingerprint density at radius 3 is 2.09 bits per heavy atom. The van der Waals surface area contributed by atoms with Crippen LogP contribution in [0.4, 0.5) is 11.4 Å². The number of carboxylic acid groups (broad SMARTS) is 1. The van der Waals surface area contributed by atoms with E-state index in [2.05, 4.69) is 15.6 Å². The number of carbonyl (C=O) groups is 3. The molecule has 0 unspecified atom stereocenters. The van der Waals surface area contributed by atoms with Crippen LogP contribution in [0.15, 0.2) is 90.1 Å². The van der Waals surface area contributed by atoms with E-state index < -0.39 is 11.9 Å². The first-order valence-electron chi connectivity index (χ1n) is 10.0. The largest absolute Gasteiger partial charge is 0.478 e. The van der Waals surface area contributed by atoms with E-state index in [-0.39, 0.29) is 22.8 Å². The van der Waals surface area contributed by atoms with E-state index in [4.69, 9.17) is 0 Å². The number of amides is 2. The molecule has 0 radical (unpaired) electrons. The van der Waals surface area contributed by atoms with Gasteiger partial charge in [0.2, 0.25) is 5.91 Å². The number of thioether (sulfide) groups is 1. The van der Waals surface area contributed by atoms with Gasteiger partial charge in [-0.3, -0.25) is 14.6 Å². The second kappa shape index (κ2) is 9.97. The molecule has 0 spiro atoms. The Morgan fingerprint density at radius 1 is 0.788 bits per heavy atom. The minimum Gasteiger partial charge on any atom is -0.478 e. The third-order valence-electron chi connectivity index (χ3n) is 4.83. The summed E-state index contributed by atoms with van der Waals surface area (Å²) < 4.78 is 0. The fourth-order valence-electron chi connectivity index (χ4n) is 3.32. The predicted octanol–water partition coefficient (Wildman–Crippen LogP) is 4.92. The van der Waals surface area contributed by atoms with Gasteiger partial charge in [-0.05, 0) is 53.9 Å². The zero-order chi connectivity index (χ0) is 23.2. The van der Waals surface area contributed by atoms with Gasteiger partial charge in [-0.2, -0.15) is 0 Å². The summed E-state index contributed by atoms with van der Waals surface area (Å²) in [6.07, 6.45) is 3.22. The van der Waals surface area contributed by atoms with Crippen molar-refractivity contribution in [2.75, 3.05) is 16.4 Å². The molecule has 33 heavy (non-hydrogen) atoms. The molecule has 0 aliphatic heterocycles. The molecule has 0 atom stereocenters. The summed E-state index contributed by atoms with van der Waals surface area (Å²) in [4.78, 5) is 41.4. The van der Waals surface area contributed by atoms with Crippen molar-refractivity contribution in [1.82, 2.24) is 4.98 Å². The summed E-state index contributed by atoms with van der Waals surface area (Å²) in [5, 5.41) is 16.2. The number of fused-ring (bicyclic) bond motifs is 1. The molecule has 0 aliphatic rings. The van der Waals surface area contributed by atoms with Gasteiger partial charge in [-0.1, -0.05) is 24.3 Å². The molecule has 1 aromatic heterocycles. The van der Waals surface area contributed by atoms with E-state index in [0.717, 1.165) is 4.90 Å². The van der Waals surface area contributed by atoms with Gasteiger partial charge in [-0.15, -0.1) is 11.8 Å². The van der Waals surface area contributed by atoms with Crippen molar-refractivity contribution < 1.29 is 19.5 Å². The molecule has 8 heteroatoms. The highest BCUT2D eigenvalue weighted by Gasteiger charge is 2.16. The monoisotopic (exact) mass is 457 g/mol. The second-order valence-corrected chi connectivity index (χ2v) is 8.11. The number of benzene rings is 3. The molecule has 0 saturated carbocycles. The lowest BCUT2D eigenvalue weighted by atomic mass is 9.98. The molecule has 0 bridgehead atoms. The number of carbonyl (C=O) groups excluding carboxylic acids is 2. The average Bonchev–Trinajstić information content (AvgIpc) is 2.83. The summed E-state index contributed by atoms with van der Waals surface area (Å²) in [7, 11) is 0. The van der Waals surface area contributed by atoms with Crippen LogP contribution in [0.2, 0.25) is 0 Å². The molecule has 0 fully saturated rings. The molecule has 4 aromatic rings. The van der Waals surface area contributed by atoms with Crippen molar-refractivity contribution in [2.24, 2.45) is 0 Å². The summed E-state index contributed by atoms with van der Waals surface area (Å²) in [6, 6.07) is 20.6. The van der Waals surface area contributed by atoms with Crippen LogP contribution in [-0.2, 0) is 4.79 Å². The third kappa shape index (κ3) is 5.36. The quantitative estimate of drug-likeness (QED) is 0.340. The van der Waals surface area contributed by atoms with Crippen molar-refractivity contribution in [3.8, 4) is 0 Å². The maximum absolute atomic E-state index is 12.9. The third-order valence-corrected chi connectivity index (χ3v) is 5.84. The van der Waals surface area contributed by atoms with Crippen LogP contribution in [0.25, 0.3) is 10.8 Å². The minimum atomic E-state index is -1.09. The van der Waals surface area contributed by atoms with Crippen molar-refractivity contribution in [1.29, 1.82) is 0 Å². The Balaban J connectivity index is 1.42. The maximum Gasteiger partial charge on any atom is 0.336 e. The molecule has 3 N–H and O–H groups in total. The van der Waals surface area contributed by atoms with Crippen LogP contribution >= 0.6 is 11.8 Å². The van der Waals surface area contributed by atoms with E-state index in [9.17, 15) is 19.5 Å². The lowest BCUT2D eigenvalue weighted by Crippen LogP contribution is -2.14. The lowest BCUT2D eigenvalue weighted by Gasteiger charge is -2.11. The van der Waals surface area contributed by atoms with Crippen molar-refractivity contribution >= 4 is 51.7 Å². The van der Waals surface area contributed by atoms with Crippen LogP contribution < -0.4 is 10.6 Å². The van der Waals surface area contributed by atoms with Gasteiger partial charge < -0.3 is 15.7 Å². The molecule has 2 amide bonds. The van der Waals surface area contributed by atoms with Crippen LogP contribution in [0.3, 0.4) is 0 Å².